The molecule has 1 aromatic carbocycles. The molecule has 84 valence electrons. The zero-order valence-corrected chi connectivity index (χ0v) is 9.02. The van der Waals surface area contributed by atoms with Crippen LogP contribution in [0.25, 0.3) is 12.2 Å². The van der Waals surface area contributed by atoms with E-state index < -0.39 is 11.9 Å². The normalized spacial score (nSPS) is 12.9. The van der Waals surface area contributed by atoms with Crippen LogP contribution in [0.4, 0.5) is 0 Å². The minimum Gasteiger partial charge on any atom is -0.478 e. The first kappa shape index (κ1) is 12.0. The van der Waals surface area contributed by atoms with Gasteiger partial charge in [0.2, 0.25) is 0 Å². The molecule has 0 aromatic heterocycles. The maximum absolute atomic E-state index is 10.9. The Bertz CT molecular complexity index is 504. The van der Waals surface area contributed by atoms with E-state index in [-0.39, 0.29) is 11.1 Å². The van der Waals surface area contributed by atoms with E-state index in [9.17, 15) is 9.59 Å². The molecule has 0 amide bonds. The van der Waals surface area contributed by atoms with Crippen molar-refractivity contribution in [3.05, 3.63) is 33.7 Å². The van der Waals surface area contributed by atoms with E-state index >= 15 is 0 Å². The number of hydrogen-bond donors (Lipinski definition) is 2. The average Bonchev–Trinajstić information content (AvgIpc) is 2.26. The molecule has 16 heavy (non-hydrogen) atoms. The summed E-state index contributed by atoms with van der Waals surface area (Å²) in [5.41, 5.74) is 0.223. The summed E-state index contributed by atoms with van der Waals surface area (Å²) in [5.74, 6) is -2.12. The lowest BCUT2D eigenvalue weighted by atomic mass is 10.0. The van der Waals surface area contributed by atoms with Crippen LogP contribution < -0.4 is 10.4 Å². The highest BCUT2D eigenvalue weighted by Crippen LogP contribution is 1.95. The van der Waals surface area contributed by atoms with Gasteiger partial charge in [-0.05, 0) is 36.4 Å². The molecule has 0 unspecified atom stereocenters. The van der Waals surface area contributed by atoms with Crippen molar-refractivity contribution in [1.29, 1.82) is 0 Å². The lowest BCUT2D eigenvalue weighted by molar-refractivity contribution is 0.0679. The Kier molecular flexibility index (Phi) is 3.45. The Balaban J connectivity index is 3.83. The van der Waals surface area contributed by atoms with E-state index in [4.69, 9.17) is 10.2 Å². The van der Waals surface area contributed by atoms with Gasteiger partial charge >= 0.3 is 11.9 Å². The van der Waals surface area contributed by atoms with Gasteiger partial charge in [-0.15, -0.1) is 0 Å². The monoisotopic (exact) mass is 220 g/mol. The third-order valence-electron chi connectivity index (χ3n) is 2.33. The molecule has 0 aliphatic heterocycles. The lowest BCUT2D eigenvalue weighted by Gasteiger charge is -2.01. The molecule has 4 heteroatoms. The number of rotatable bonds is 2. The second-order valence-corrected chi connectivity index (χ2v) is 3.18. The topological polar surface area (TPSA) is 74.6 Å². The van der Waals surface area contributed by atoms with Gasteiger partial charge in [-0.2, -0.15) is 0 Å². The summed E-state index contributed by atoms with van der Waals surface area (Å²) in [6, 6.07) is 2.63. The van der Waals surface area contributed by atoms with E-state index in [1.807, 2.05) is 0 Å². The first-order chi connectivity index (χ1) is 7.52. The summed E-state index contributed by atoms with van der Waals surface area (Å²) in [6.45, 7) is 3.36. The third kappa shape index (κ3) is 1.95. The van der Waals surface area contributed by atoms with Gasteiger partial charge in [0.1, 0.15) is 0 Å². The Morgan fingerprint density at radius 1 is 0.938 bits per heavy atom. The minimum atomic E-state index is -1.06. The Hall–Kier alpha value is -2.10. The average molecular weight is 220 g/mol. The van der Waals surface area contributed by atoms with Crippen LogP contribution in [0.2, 0.25) is 0 Å². The lowest BCUT2D eigenvalue weighted by Crippen LogP contribution is -2.35. The number of carboxylic acids is 2. The first-order valence-electron chi connectivity index (χ1n) is 4.75. The molecular formula is C12H12O4. The van der Waals surface area contributed by atoms with Gasteiger partial charge in [-0.3, -0.25) is 0 Å². The van der Waals surface area contributed by atoms with Gasteiger partial charge in [-0.1, -0.05) is 12.2 Å². The Morgan fingerprint density at radius 3 is 1.44 bits per heavy atom. The van der Waals surface area contributed by atoms with Gasteiger partial charge in [0.25, 0.3) is 0 Å². The van der Waals surface area contributed by atoms with Gasteiger partial charge in [0.05, 0.1) is 11.1 Å². The molecule has 0 saturated heterocycles. The van der Waals surface area contributed by atoms with E-state index in [0.717, 1.165) is 0 Å². The second-order valence-electron chi connectivity index (χ2n) is 3.18. The van der Waals surface area contributed by atoms with E-state index in [0.29, 0.717) is 10.4 Å². The highest BCUT2D eigenvalue weighted by atomic mass is 16.4. The van der Waals surface area contributed by atoms with Crippen molar-refractivity contribution in [2.45, 2.75) is 13.8 Å². The smallest absolute Gasteiger partial charge is 0.336 e. The molecule has 0 aliphatic carbocycles. The van der Waals surface area contributed by atoms with E-state index in [2.05, 4.69) is 0 Å². The van der Waals surface area contributed by atoms with Gasteiger partial charge in [0.15, 0.2) is 0 Å². The summed E-state index contributed by atoms with van der Waals surface area (Å²) in [7, 11) is 0. The van der Waals surface area contributed by atoms with Crippen LogP contribution in [0.1, 0.15) is 34.6 Å². The molecule has 0 heterocycles. The zero-order valence-electron chi connectivity index (χ0n) is 9.02. The summed E-state index contributed by atoms with van der Waals surface area (Å²) < 4.78 is 0. The predicted molar refractivity (Wildman–Crippen MR) is 59.9 cm³/mol. The van der Waals surface area contributed by atoms with Crippen molar-refractivity contribution in [2.75, 3.05) is 0 Å². The van der Waals surface area contributed by atoms with Crippen LogP contribution in [0.3, 0.4) is 0 Å². The highest BCUT2D eigenvalue weighted by Gasteiger charge is 2.11. The summed E-state index contributed by atoms with van der Waals surface area (Å²) in [4.78, 5) is 21.9. The van der Waals surface area contributed by atoms with Crippen LogP contribution >= 0.6 is 0 Å². The summed E-state index contributed by atoms with van der Waals surface area (Å²) >= 11 is 0. The summed E-state index contributed by atoms with van der Waals surface area (Å²) in [5, 5.41) is 18.8. The van der Waals surface area contributed by atoms with Crippen LogP contribution in [0.15, 0.2) is 12.1 Å². The number of benzene rings is 1. The molecular weight excluding hydrogens is 208 g/mol. The van der Waals surface area contributed by atoms with E-state index in [1.165, 1.54) is 12.1 Å². The molecule has 0 fully saturated rings. The molecule has 0 radical (unpaired) electrons. The van der Waals surface area contributed by atoms with Gasteiger partial charge in [0, 0.05) is 0 Å². The van der Waals surface area contributed by atoms with Crippen LogP contribution in [-0.4, -0.2) is 22.2 Å². The van der Waals surface area contributed by atoms with E-state index in [1.54, 1.807) is 26.0 Å². The van der Waals surface area contributed by atoms with Crippen molar-refractivity contribution in [1.82, 2.24) is 0 Å². The van der Waals surface area contributed by atoms with Crippen molar-refractivity contribution >= 4 is 24.1 Å². The zero-order chi connectivity index (χ0) is 12.3. The maximum Gasteiger partial charge on any atom is 0.336 e. The summed E-state index contributed by atoms with van der Waals surface area (Å²) in [6.07, 6.45) is 3.20. The fraction of sp³-hybridized carbons (Fsp3) is 0.167. The van der Waals surface area contributed by atoms with Crippen LogP contribution in [0.5, 0.6) is 0 Å². The maximum atomic E-state index is 10.9. The molecule has 4 nitrogen and oxygen atoms in total. The standard InChI is InChI=1S/C12H12O4/c1-3-7-8(4-2)10(12(15)16)6-5-9(7)11(13)14/h3-6H,1-2H3,(H,13,14)(H,15,16). The predicted octanol–water partition coefficient (Wildman–Crippen LogP) is 0.684. The molecule has 2 N–H and O–H groups in total. The number of carbonyl (C=O) groups is 2. The number of carboxylic acid groups (broad SMARTS) is 2. The van der Waals surface area contributed by atoms with Crippen molar-refractivity contribution in [3.63, 3.8) is 0 Å². The molecule has 0 saturated carbocycles. The molecule has 0 spiro atoms. The second kappa shape index (κ2) is 4.61. The Morgan fingerprint density at radius 2 is 1.25 bits per heavy atom. The van der Waals surface area contributed by atoms with Crippen molar-refractivity contribution in [2.24, 2.45) is 0 Å². The SMILES string of the molecule is CC=c1c(C(=O)O)ccc(C(=O)O)c1=CC. The quantitative estimate of drug-likeness (QED) is 0.768. The number of hydrogen-bond acceptors (Lipinski definition) is 2. The fourth-order valence-corrected chi connectivity index (χ4v) is 1.63. The highest BCUT2D eigenvalue weighted by molar-refractivity contribution is 5.92. The molecule has 0 atom stereocenters. The van der Waals surface area contributed by atoms with Crippen LogP contribution in [-0.2, 0) is 0 Å². The van der Waals surface area contributed by atoms with Crippen molar-refractivity contribution < 1.29 is 19.8 Å². The molecule has 0 aliphatic rings. The molecule has 1 aromatic rings. The number of aromatic carboxylic acids is 2. The Labute approximate surface area is 92.2 Å². The minimum absolute atomic E-state index is 0.112. The largest absolute Gasteiger partial charge is 0.478 e. The van der Waals surface area contributed by atoms with Crippen molar-refractivity contribution in [3.8, 4) is 0 Å². The van der Waals surface area contributed by atoms with Crippen LogP contribution in [0, 0.1) is 0 Å². The first-order valence-corrected chi connectivity index (χ1v) is 4.75. The third-order valence-corrected chi connectivity index (χ3v) is 2.33. The van der Waals surface area contributed by atoms with Gasteiger partial charge in [-0.25, -0.2) is 9.59 Å². The van der Waals surface area contributed by atoms with Gasteiger partial charge < -0.3 is 10.2 Å². The molecule has 0 bridgehead atoms. The molecule has 1 rings (SSSR count). The fourth-order valence-electron chi connectivity index (χ4n) is 1.63.